The summed E-state index contributed by atoms with van der Waals surface area (Å²) in [5, 5.41) is 0. The van der Waals surface area contributed by atoms with E-state index in [-0.39, 0.29) is 28.9 Å². The number of pyridine rings is 4. The Morgan fingerprint density at radius 3 is 0.674 bits per heavy atom. The molecule has 0 aromatic carbocycles. The van der Waals surface area contributed by atoms with Gasteiger partial charge in [0.25, 0.3) is 0 Å². The summed E-state index contributed by atoms with van der Waals surface area (Å²) >= 11 is 0. The van der Waals surface area contributed by atoms with Gasteiger partial charge < -0.3 is 0 Å². The Labute approximate surface area is 249 Å². The third-order valence-electron chi connectivity index (χ3n) is 4.53. The molecule has 4 aromatic heterocycles. The Morgan fingerprint density at radius 1 is 0.395 bits per heavy atom. The van der Waals surface area contributed by atoms with E-state index in [0.29, 0.717) is 0 Å². The van der Waals surface area contributed by atoms with Crippen molar-refractivity contribution in [2.75, 3.05) is 0 Å². The van der Waals surface area contributed by atoms with Crippen LogP contribution in [-0.4, -0.2) is 19.9 Å². The van der Waals surface area contributed by atoms with Gasteiger partial charge in [-0.2, -0.15) is 0 Å². The molecule has 245 valence electrons. The fourth-order valence-electron chi connectivity index (χ4n) is 2.83. The van der Waals surface area contributed by atoms with Crippen LogP contribution in [0.2, 0.25) is 0 Å². The van der Waals surface area contributed by atoms with Gasteiger partial charge in [0.15, 0.2) is 0 Å². The third-order valence-corrected chi connectivity index (χ3v) is 4.53. The number of rotatable bonds is 4. The number of nitrogens with zero attached hydrogens (tertiary/aromatic N) is 4. The Hall–Kier alpha value is -2.86. The predicted molar refractivity (Wildman–Crippen MR) is 139 cm³/mol. The van der Waals surface area contributed by atoms with E-state index in [1.165, 1.54) is 0 Å². The van der Waals surface area contributed by atoms with Gasteiger partial charge in [-0.25, -0.2) is 0 Å². The maximum Gasteiger partial charge on any atom is 2.00 e. The molecule has 1 radical (unpaired) electrons. The molecule has 4 nitrogen and oxygen atoms in total. The fraction of sp³-hybridized carbons (Fsp3) is 0.167. The van der Waals surface area contributed by atoms with E-state index in [4.69, 9.17) is 0 Å². The second-order valence-electron chi connectivity index (χ2n) is 8.38. The third kappa shape index (κ3) is 26.5. The minimum absolute atomic E-state index is 0. The number of hydrogen-bond acceptors (Lipinski definition) is 4. The first kappa shape index (κ1) is 40.1. The summed E-state index contributed by atoms with van der Waals surface area (Å²) < 4.78 is 118. The van der Waals surface area contributed by atoms with Gasteiger partial charge in [0.1, 0.15) is 0 Å². The van der Waals surface area contributed by atoms with Crippen LogP contribution in [0, 0.1) is 0 Å². The largest absolute Gasteiger partial charge is 2.00 e. The van der Waals surface area contributed by atoms with Gasteiger partial charge in [0, 0.05) is 59.4 Å². The SMILES string of the molecule is CC(c1ccccn1)c1ccccn1.CC(c1ccccn1)c1ccccn1.F[P-](F)(F)(F)(F)F.F[P-](F)(F)(F)(F)F.[Cu+2]. The smallest absolute Gasteiger partial charge is 2.00 e. The quantitative estimate of drug-likeness (QED) is 0.120. The van der Waals surface area contributed by atoms with Crippen molar-refractivity contribution in [1.82, 2.24) is 19.9 Å². The molecule has 0 atom stereocenters. The zero-order chi connectivity index (χ0) is 32.4. The van der Waals surface area contributed by atoms with Crippen molar-refractivity contribution in [3.8, 4) is 0 Å². The first-order chi connectivity index (χ1) is 18.7. The molecule has 43 heavy (non-hydrogen) atoms. The predicted octanol–water partition coefficient (Wildman–Crippen LogP) is 12.0. The minimum Gasteiger partial charge on any atom is 2.00 e. The van der Waals surface area contributed by atoms with Gasteiger partial charge in [-0.1, -0.05) is 38.1 Å². The van der Waals surface area contributed by atoms with Crippen LogP contribution in [0.5, 0.6) is 0 Å². The molecular formula is C24H24CuF12N4P2. The van der Waals surface area contributed by atoms with Crippen molar-refractivity contribution in [2.45, 2.75) is 25.7 Å². The van der Waals surface area contributed by atoms with Crippen LogP contribution in [0.4, 0.5) is 50.4 Å². The maximum absolute atomic E-state index is 10.7. The maximum atomic E-state index is 9.87. The molecule has 0 spiro atoms. The Morgan fingerprint density at radius 2 is 0.558 bits per heavy atom. The standard InChI is InChI=1S/2C12H12N2.Cu.2F6P/c2*1-10(11-6-2-4-8-13-11)12-7-3-5-9-14-12;;2*1-7(2,3,4,5)6/h2*2-10H,1H3;;;/q;;+2;2*-1. The molecule has 0 saturated carbocycles. The van der Waals surface area contributed by atoms with Crippen LogP contribution in [0.3, 0.4) is 0 Å². The molecule has 0 saturated heterocycles. The van der Waals surface area contributed by atoms with E-state index >= 15 is 0 Å². The minimum atomic E-state index is -10.7. The molecule has 4 rings (SSSR count). The van der Waals surface area contributed by atoms with Crippen molar-refractivity contribution < 1.29 is 67.4 Å². The van der Waals surface area contributed by atoms with E-state index in [1.54, 1.807) is 0 Å². The van der Waals surface area contributed by atoms with Crippen molar-refractivity contribution in [1.29, 1.82) is 0 Å². The Bertz CT molecular complexity index is 1160. The van der Waals surface area contributed by atoms with Gasteiger partial charge in [0.05, 0.1) is 0 Å². The van der Waals surface area contributed by atoms with Crippen molar-refractivity contribution in [3.05, 3.63) is 120 Å². The molecule has 0 aliphatic rings. The van der Waals surface area contributed by atoms with Crippen LogP contribution in [0.25, 0.3) is 0 Å². The van der Waals surface area contributed by atoms with Gasteiger partial charge in [-0.15, -0.1) is 0 Å². The van der Waals surface area contributed by atoms with Crippen LogP contribution < -0.4 is 0 Å². The number of halogens is 12. The second kappa shape index (κ2) is 13.4. The van der Waals surface area contributed by atoms with E-state index in [9.17, 15) is 50.4 Å². The molecule has 0 unspecified atom stereocenters. The van der Waals surface area contributed by atoms with E-state index in [1.807, 2.05) is 97.6 Å². The van der Waals surface area contributed by atoms with Crippen LogP contribution in [-0.2, 0) is 17.1 Å². The van der Waals surface area contributed by atoms with Gasteiger partial charge in [-0.3, -0.25) is 19.9 Å². The van der Waals surface area contributed by atoms with Gasteiger partial charge in [-0.05, 0) is 48.5 Å². The van der Waals surface area contributed by atoms with Gasteiger partial charge in [0.2, 0.25) is 0 Å². The summed E-state index contributed by atoms with van der Waals surface area (Å²) in [6.07, 6.45) is 7.26. The monoisotopic (exact) mass is 721 g/mol. The van der Waals surface area contributed by atoms with Crippen molar-refractivity contribution in [2.24, 2.45) is 0 Å². The molecular weight excluding hydrogens is 698 g/mol. The Kier molecular flexibility index (Phi) is 12.5. The summed E-state index contributed by atoms with van der Waals surface area (Å²) in [5.74, 6) is 0.523. The zero-order valence-electron chi connectivity index (χ0n) is 21.9. The van der Waals surface area contributed by atoms with E-state index in [2.05, 4.69) is 33.8 Å². The van der Waals surface area contributed by atoms with Crippen molar-refractivity contribution in [3.63, 3.8) is 0 Å². The van der Waals surface area contributed by atoms with Crippen LogP contribution >= 0.6 is 15.6 Å². The van der Waals surface area contributed by atoms with E-state index < -0.39 is 15.6 Å². The molecule has 0 aliphatic heterocycles. The summed E-state index contributed by atoms with van der Waals surface area (Å²) in [6, 6.07) is 23.8. The average molecular weight is 722 g/mol. The zero-order valence-corrected chi connectivity index (χ0v) is 24.6. The first-order valence-corrected chi connectivity index (χ1v) is 15.5. The normalized spacial score (nSPS) is 14.3. The first-order valence-electron chi connectivity index (χ1n) is 11.4. The molecule has 0 aliphatic carbocycles. The van der Waals surface area contributed by atoms with Crippen LogP contribution in [0.15, 0.2) is 97.6 Å². The molecule has 0 bridgehead atoms. The van der Waals surface area contributed by atoms with Crippen LogP contribution in [0.1, 0.15) is 48.5 Å². The molecule has 0 amide bonds. The molecule has 4 aromatic rings. The Balaban J connectivity index is 0.000000574. The van der Waals surface area contributed by atoms with E-state index in [0.717, 1.165) is 22.8 Å². The van der Waals surface area contributed by atoms with Gasteiger partial charge >= 0.3 is 83.0 Å². The fourth-order valence-corrected chi connectivity index (χ4v) is 2.83. The second-order valence-corrected chi connectivity index (χ2v) is 12.2. The number of aromatic nitrogens is 4. The summed E-state index contributed by atoms with van der Waals surface area (Å²) in [6.45, 7) is 4.23. The number of hydrogen-bond donors (Lipinski definition) is 0. The van der Waals surface area contributed by atoms with Crippen molar-refractivity contribution >= 4 is 15.6 Å². The molecule has 19 heteroatoms. The molecule has 0 N–H and O–H groups in total. The topological polar surface area (TPSA) is 51.6 Å². The summed E-state index contributed by atoms with van der Waals surface area (Å²) in [5.41, 5.74) is 4.25. The molecule has 4 heterocycles. The molecule has 0 fully saturated rings. The summed E-state index contributed by atoms with van der Waals surface area (Å²) in [4.78, 5) is 17.3. The summed E-state index contributed by atoms with van der Waals surface area (Å²) in [7, 11) is -21.3. The average Bonchev–Trinajstić information content (AvgIpc) is 2.87.